The lowest BCUT2D eigenvalue weighted by molar-refractivity contribution is 0.630. The number of fused-ring (bicyclic) bond motifs is 1. The first-order valence-corrected chi connectivity index (χ1v) is 8.15. The molecule has 0 bridgehead atoms. The third kappa shape index (κ3) is 2.39. The molecule has 0 spiro atoms. The minimum Gasteiger partial charge on any atom is -0.308 e. The Kier molecular flexibility index (Phi) is 3.63. The third-order valence-electron chi connectivity index (χ3n) is 3.42. The monoisotopic (exact) mass is 305 g/mol. The fraction of sp³-hybridized carbons (Fsp3) is 0.250. The second kappa shape index (κ2) is 5.28. The Morgan fingerprint density at radius 1 is 1.10 bits per heavy atom. The molecule has 3 aromatic rings. The Hall–Kier alpha value is -1.23. The van der Waals surface area contributed by atoms with E-state index in [1.54, 1.807) is 17.4 Å². The first kappa shape index (κ1) is 13.7. The van der Waals surface area contributed by atoms with Crippen LogP contribution in [-0.2, 0) is 0 Å². The van der Waals surface area contributed by atoms with E-state index in [1.807, 2.05) is 24.5 Å². The lowest BCUT2D eigenvalue weighted by atomic mass is 10.1. The molecule has 1 atom stereocenters. The van der Waals surface area contributed by atoms with Crippen LogP contribution in [-0.4, -0.2) is 7.05 Å². The summed E-state index contributed by atoms with van der Waals surface area (Å²) in [7, 11) is 1.98. The molecule has 3 rings (SSSR count). The van der Waals surface area contributed by atoms with Gasteiger partial charge in [0.15, 0.2) is 0 Å². The number of aryl methyl sites for hydroxylation is 2. The SMILES string of the molecule is CNC(c1cc2ccc(F)cc2s1)c1sc(C)cc1C. The highest BCUT2D eigenvalue weighted by Crippen LogP contribution is 2.37. The van der Waals surface area contributed by atoms with Crippen molar-refractivity contribution in [3.8, 4) is 0 Å². The van der Waals surface area contributed by atoms with Gasteiger partial charge in [-0.15, -0.1) is 22.7 Å². The highest BCUT2D eigenvalue weighted by Gasteiger charge is 2.19. The van der Waals surface area contributed by atoms with E-state index in [4.69, 9.17) is 0 Å². The fourth-order valence-corrected chi connectivity index (χ4v) is 4.97. The molecule has 0 saturated carbocycles. The Balaban J connectivity index is 2.09. The predicted octanol–water partition coefficient (Wildman–Crippen LogP) is 5.03. The van der Waals surface area contributed by atoms with E-state index >= 15 is 0 Å². The zero-order valence-corrected chi connectivity index (χ0v) is 13.3. The molecule has 0 aliphatic carbocycles. The number of hydrogen-bond acceptors (Lipinski definition) is 3. The van der Waals surface area contributed by atoms with Crippen molar-refractivity contribution >= 4 is 32.8 Å². The van der Waals surface area contributed by atoms with Gasteiger partial charge < -0.3 is 5.32 Å². The van der Waals surface area contributed by atoms with Crippen molar-refractivity contribution < 1.29 is 4.39 Å². The minimum atomic E-state index is -0.171. The van der Waals surface area contributed by atoms with Crippen LogP contribution in [0.1, 0.15) is 26.2 Å². The predicted molar refractivity (Wildman–Crippen MR) is 86.5 cm³/mol. The van der Waals surface area contributed by atoms with Gasteiger partial charge in [0.25, 0.3) is 0 Å². The smallest absolute Gasteiger partial charge is 0.124 e. The van der Waals surface area contributed by atoms with Crippen LogP contribution in [0.4, 0.5) is 4.39 Å². The van der Waals surface area contributed by atoms with E-state index in [0.717, 1.165) is 10.1 Å². The van der Waals surface area contributed by atoms with Gasteiger partial charge in [0.2, 0.25) is 0 Å². The van der Waals surface area contributed by atoms with Gasteiger partial charge in [0.05, 0.1) is 6.04 Å². The molecule has 2 heterocycles. The van der Waals surface area contributed by atoms with Gasteiger partial charge in [-0.05, 0) is 56.1 Å². The van der Waals surface area contributed by atoms with Gasteiger partial charge in [-0.1, -0.05) is 6.07 Å². The Morgan fingerprint density at radius 3 is 2.55 bits per heavy atom. The fourth-order valence-electron chi connectivity index (χ4n) is 2.52. The molecule has 0 fully saturated rings. The maximum absolute atomic E-state index is 13.3. The molecule has 0 saturated heterocycles. The maximum atomic E-state index is 13.3. The van der Waals surface area contributed by atoms with Crippen LogP contribution < -0.4 is 5.32 Å². The third-order valence-corrected chi connectivity index (χ3v) is 5.80. The highest BCUT2D eigenvalue weighted by molar-refractivity contribution is 7.19. The van der Waals surface area contributed by atoms with E-state index in [1.165, 1.54) is 26.3 Å². The molecule has 0 aliphatic rings. The van der Waals surface area contributed by atoms with Crippen LogP contribution in [0.5, 0.6) is 0 Å². The molecule has 0 radical (unpaired) electrons. The molecule has 0 aliphatic heterocycles. The van der Waals surface area contributed by atoms with Crippen molar-refractivity contribution in [2.24, 2.45) is 0 Å². The van der Waals surface area contributed by atoms with Crippen LogP contribution in [0.2, 0.25) is 0 Å². The summed E-state index contributed by atoms with van der Waals surface area (Å²) in [5.74, 6) is -0.171. The summed E-state index contributed by atoms with van der Waals surface area (Å²) >= 11 is 3.49. The number of nitrogens with one attached hydrogen (secondary N) is 1. The van der Waals surface area contributed by atoms with Crippen LogP contribution in [0.25, 0.3) is 10.1 Å². The van der Waals surface area contributed by atoms with Crippen molar-refractivity contribution in [1.29, 1.82) is 0 Å². The summed E-state index contributed by atoms with van der Waals surface area (Å²) in [6.45, 7) is 4.28. The van der Waals surface area contributed by atoms with Crippen LogP contribution in [0.15, 0.2) is 30.3 Å². The molecule has 1 N–H and O–H groups in total. The molecule has 1 nitrogen and oxygen atoms in total. The van der Waals surface area contributed by atoms with Crippen LogP contribution in [0.3, 0.4) is 0 Å². The number of halogens is 1. The molecular formula is C16H16FNS2. The van der Waals surface area contributed by atoms with E-state index in [9.17, 15) is 4.39 Å². The van der Waals surface area contributed by atoms with Crippen molar-refractivity contribution in [3.63, 3.8) is 0 Å². The molecule has 1 unspecified atom stereocenters. The van der Waals surface area contributed by atoms with Crippen molar-refractivity contribution in [2.75, 3.05) is 7.05 Å². The number of benzene rings is 1. The molecule has 4 heteroatoms. The molecule has 2 aromatic heterocycles. The first-order chi connectivity index (χ1) is 9.58. The van der Waals surface area contributed by atoms with Crippen LogP contribution >= 0.6 is 22.7 Å². The summed E-state index contributed by atoms with van der Waals surface area (Å²) in [6.07, 6.45) is 0. The molecule has 0 amide bonds. The summed E-state index contributed by atoms with van der Waals surface area (Å²) in [5.41, 5.74) is 1.32. The Bertz CT molecular complexity index is 757. The van der Waals surface area contributed by atoms with Gasteiger partial charge in [0, 0.05) is 19.3 Å². The number of hydrogen-bond donors (Lipinski definition) is 1. The zero-order chi connectivity index (χ0) is 14.3. The topological polar surface area (TPSA) is 12.0 Å². The first-order valence-electron chi connectivity index (χ1n) is 6.51. The largest absolute Gasteiger partial charge is 0.308 e. The van der Waals surface area contributed by atoms with Gasteiger partial charge in [-0.3, -0.25) is 0 Å². The minimum absolute atomic E-state index is 0.171. The van der Waals surface area contributed by atoms with Gasteiger partial charge in [0.1, 0.15) is 5.82 Å². The van der Waals surface area contributed by atoms with Crippen molar-refractivity contribution in [1.82, 2.24) is 5.32 Å². The molecule has 104 valence electrons. The Morgan fingerprint density at radius 2 is 1.90 bits per heavy atom. The van der Waals surface area contributed by atoms with Gasteiger partial charge in [-0.2, -0.15) is 0 Å². The average Bonchev–Trinajstić information content (AvgIpc) is 2.94. The normalized spacial score (nSPS) is 13.0. The van der Waals surface area contributed by atoms with Crippen molar-refractivity contribution in [2.45, 2.75) is 19.9 Å². The van der Waals surface area contributed by atoms with E-state index < -0.39 is 0 Å². The summed E-state index contributed by atoms with van der Waals surface area (Å²) in [4.78, 5) is 3.90. The lowest BCUT2D eigenvalue weighted by Gasteiger charge is -2.13. The highest BCUT2D eigenvalue weighted by atomic mass is 32.1. The standard InChI is InChI=1S/C16H16FNS2/c1-9-6-10(2)19-16(9)15(18-3)14-7-11-4-5-12(17)8-13(11)20-14/h4-8,15,18H,1-3H3. The zero-order valence-electron chi connectivity index (χ0n) is 11.7. The van der Waals surface area contributed by atoms with E-state index in [2.05, 4.69) is 31.3 Å². The summed E-state index contributed by atoms with van der Waals surface area (Å²) in [5, 5.41) is 4.50. The van der Waals surface area contributed by atoms with E-state index in [-0.39, 0.29) is 11.9 Å². The van der Waals surface area contributed by atoms with Gasteiger partial charge >= 0.3 is 0 Å². The second-order valence-corrected chi connectivity index (χ2v) is 7.36. The summed E-state index contributed by atoms with van der Waals surface area (Å²) < 4.78 is 14.3. The summed E-state index contributed by atoms with van der Waals surface area (Å²) in [6, 6.07) is 9.56. The molecule has 1 aromatic carbocycles. The van der Waals surface area contributed by atoms with Gasteiger partial charge in [-0.25, -0.2) is 4.39 Å². The lowest BCUT2D eigenvalue weighted by Crippen LogP contribution is -2.15. The van der Waals surface area contributed by atoms with Crippen molar-refractivity contribution in [3.05, 3.63) is 56.3 Å². The second-order valence-electron chi connectivity index (χ2n) is 4.96. The Labute approximate surface area is 126 Å². The van der Waals surface area contributed by atoms with E-state index in [0.29, 0.717) is 0 Å². The number of rotatable bonds is 3. The quantitative estimate of drug-likeness (QED) is 0.716. The molecular weight excluding hydrogens is 289 g/mol. The molecule has 20 heavy (non-hydrogen) atoms. The average molecular weight is 305 g/mol. The van der Waals surface area contributed by atoms with Crippen LogP contribution in [0, 0.1) is 19.7 Å². The number of thiophene rings is 2. The maximum Gasteiger partial charge on any atom is 0.124 e.